The average molecular weight is 382 g/mol. The van der Waals surface area contributed by atoms with Crippen molar-refractivity contribution in [1.82, 2.24) is 4.90 Å². The minimum atomic E-state index is -0.865. The van der Waals surface area contributed by atoms with Crippen LogP contribution in [0.2, 0.25) is 0 Å². The molecule has 4 rings (SSSR count). The summed E-state index contributed by atoms with van der Waals surface area (Å²) >= 11 is 0. The molecular formula is C22H23FN2O3. The molecule has 2 unspecified atom stereocenters. The average Bonchev–Trinajstić information content (AvgIpc) is 3.23. The van der Waals surface area contributed by atoms with E-state index in [1.165, 1.54) is 12.1 Å². The lowest BCUT2D eigenvalue weighted by Crippen LogP contribution is -2.42. The first-order valence-corrected chi connectivity index (χ1v) is 9.61. The molecule has 1 spiro atoms. The van der Waals surface area contributed by atoms with Crippen LogP contribution >= 0.6 is 0 Å². The maximum atomic E-state index is 13.5. The van der Waals surface area contributed by atoms with Crippen molar-refractivity contribution in [2.24, 2.45) is 0 Å². The Balaban J connectivity index is 1.78. The van der Waals surface area contributed by atoms with Gasteiger partial charge in [-0.25, -0.2) is 4.39 Å². The van der Waals surface area contributed by atoms with Crippen LogP contribution in [0.25, 0.3) is 0 Å². The quantitative estimate of drug-likeness (QED) is 0.807. The number of rotatable bonds is 5. The Labute approximate surface area is 163 Å². The van der Waals surface area contributed by atoms with Crippen molar-refractivity contribution in [3.63, 3.8) is 0 Å². The Bertz CT molecular complexity index is 899. The molecule has 2 aromatic rings. The smallest absolute Gasteiger partial charge is 0.237 e. The zero-order valence-electron chi connectivity index (χ0n) is 15.8. The molecule has 5 nitrogen and oxygen atoms in total. The van der Waals surface area contributed by atoms with Gasteiger partial charge >= 0.3 is 0 Å². The van der Waals surface area contributed by atoms with Gasteiger partial charge in [0.05, 0.1) is 19.1 Å². The number of ether oxygens (including phenoxy) is 1. The lowest BCUT2D eigenvalue weighted by molar-refractivity contribution is -0.134. The topological polar surface area (TPSA) is 58.6 Å². The summed E-state index contributed by atoms with van der Waals surface area (Å²) in [4.78, 5) is 27.9. The SMILES string of the molecule is CCOCCC(=O)N1CCC2(C(=O)Nc3ccccc32)C1c1ccc(F)cc1. The third-order valence-electron chi connectivity index (χ3n) is 5.76. The highest BCUT2D eigenvalue weighted by Crippen LogP contribution is 2.54. The molecule has 0 aliphatic carbocycles. The van der Waals surface area contributed by atoms with E-state index < -0.39 is 11.5 Å². The van der Waals surface area contributed by atoms with Crippen molar-refractivity contribution < 1.29 is 18.7 Å². The van der Waals surface area contributed by atoms with Gasteiger partial charge in [0.1, 0.15) is 11.2 Å². The van der Waals surface area contributed by atoms with Crippen molar-refractivity contribution in [2.75, 3.05) is 25.1 Å². The molecule has 1 N–H and O–H groups in total. The summed E-state index contributed by atoms with van der Waals surface area (Å²) in [5.41, 5.74) is 1.57. The van der Waals surface area contributed by atoms with E-state index >= 15 is 0 Å². The second-order valence-electron chi connectivity index (χ2n) is 7.21. The van der Waals surface area contributed by atoms with Gasteiger partial charge in [-0.05, 0) is 42.7 Å². The monoisotopic (exact) mass is 382 g/mol. The van der Waals surface area contributed by atoms with Crippen molar-refractivity contribution in [1.29, 1.82) is 0 Å². The molecule has 1 fully saturated rings. The van der Waals surface area contributed by atoms with E-state index in [1.54, 1.807) is 17.0 Å². The van der Waals surface area contributed by atoms with E-state index in [0.717, 1.165) is 16.8 Å². The third-order valence-corrected chi connectivity index (χ3v) is 5.76. The number of para-hydroxylation sites is 1. The predicted octanol–water partition coefficient (Wildman–Crippen LogP) is 3.42. The molecule has 2 amide bonds. The van der Waals surface area contributed by atoms with Crippen LogP contribution in [0, 0.1) is 5.82 Å². The summed E-state index contributed by atoms with van der Waals surface area (Å²) in [6.45, 7) is 3.25. The highest BCUT2D eigenvalue weighted by molar-refractivity contribution is 6.07. The van der Waals surface area contributed by atoms with Crippen LogP contribution in [0.5, 0.6) is 0 Å². The summed E-state index contributed by atoms with van der Waals surface area (Å²) in [6, 6.07) is 13.2. The number of anilines is 1. The maximum Gasteiger partial charge on any atom is 0.237 e. The molecular weight excluding hydrogens is 359 g/mol. The van der Waals surface area contributed by atoms with Gasteiger partial charge in [-0.2, -0.15) is 0 Å². The largest absolute Gasteiger partial charge is 0.381 e. The van der Waals surface area contributed by atoms with Crippen molar-refractivity contribution in [2.45, 2.75) is 31.2 Å². The normalized spacial score (nSPS) is 23.1. The van der Waals surface area contributed by atoms with Gasteiger partial charge < -0.3 is 15.0 Å². The Kier molecular flexibility index (Phi) is 4.89. The number of carbonyl (C=O) groups excluding carboxylic acids is 2. The fourth-order valence-electron chi connectivity index (χ4n) is 4.51. The standard InChI is InChI=1S/C22H23FN2O3/c1-2-28-14-11-19(26)25-13-12-22(20(25)15-7-9-16(23)10-8-15)17-5-3-4-6-18(17)24-21(22)27/h3-10,20H,2,11-14H2,1H3,(H,24,27). The number of amides is 2. The Morgan fingerprint density at radius 2 is 2.00 bits per heavy atom. The van der Waals surface area contributed by atoms with Crippen molar-refractivity contribution in [3.8, 4) is 0 Å². The van der Waals surface area contributed by atoms with E-state index in [2.05, 4.69) is 5.32 Å². The summed E-state index contributed by atoms with van der Waals surface area (Å²) in [6.07, 6.45) is 0.781. The van der Waals surface area contributed by atoms with Crippen LogP contribution < -0.4 is 5.32 Å². The predicted molar refractivity (Wildman–Crippen MR) is 103 cm³/mol. The van der Waals surface area contributed by atoms with E-state index in [4.69, 9.17) is 4.74 Å². The van der Waals surface area contributed by atoms with Crippen LogP contribution in [0.1, 0.15) is 36.9 Å². The second-order valence-corrected chi connectivity index (χ2v) is 7.21. The molecule has 1 saturated heterocycles. The summed E-state index contributed by atoms with van der Waals surface area (Å²) in [7, 11) is 0. The number of halogens is 1. The number of hydrogen-bond acceptors (Lipinski definition) is 3. The zero-order valence-corrected chi connectivity index (χ0v) is 15.8. The Hall–Kier alpha value is -2.73. The summed E-state index contributed by atoms with van der Waals surface area (Å²) in [5, 5.41) is 2.98. The van der Waals surface area contributed by atoms with Gasteiger partial charge in [-0.3, -0.25) is 9.59 Å². The molecule has 0 aromatic heterocycles. The zero-order chi connectivity index (χ0) is 19.7. The van der Waals surface area contributed by atoms with Gasteiger partial charge in [0.2, 0.25) is 11.8 Å². The molecule has 2 heterocycles. The minimum Gasteiger partial charge on any atom is -0.381 e. The number of fused-ring (bicyclic) bond motifs is 2. The first kappa shape index (κ1) is 18.6. The first-order valence-electron chi connectivity index (χ1n) is 9.61. The van der Waals surface area contributed by atoms with Gasteiger partial charge in [0.15, 0.2) is 0 Å². The van der Waals surface area contributed by atoms with Crippen LogP contribution in [-0.2, 0) is 19.7 Å². The van der Waals surface area contributed by atoms with Gasteiger partial charge in [0.25, 0.3) is 0 Å². The molecule has 0 radical (unpaired) electrons. The van der Waals surface area contributed by atoms with E-state index in [-0.39, 0.29) is 24.1 Å². The molecule has 2 aliphatic rings. The number of nitrogens with zero attached hydrogens (tertiary/aromatic N) is 1. The van der Waals surface area contributed by atoms with E-state index in [9.17, 15) is 14.0 Å². The number of nitrogens with one attached hydrogen (secondary N) is 1. The van der Waals surface area contributed by atoms with Crippen LogP contribution in [0.15, 0.2) is 48.5 Å². The molecule has 2 atom stereocenters. The molecule has 146 valence electrons. The van der Waals surface area contributed by atoms with Crippen molar-refractivity contribution in [3.05, 3.63) is 65.5 Å². The molecule has 2 aliphatic heterocycles. The molecule has 28 heavy (non-hydrogen) atoms. The molecule has 2 aromatic carbocycles. The van der Waals surface area contributed by atoms with Gasteiger partial charge in [-0.1, -0.05) is 30.3 Å². The summed E-state index contributed by atoms with van der Waals surface area (Å²) in [5.74, 6) is -0.513. The van der Waals surface area contributed by atoms with Crippen LogP contribution in [-0.4, -0.2) is 36.5 Å². The van der Waals surface area contributed by atoms with Crippen molar-refractivity contribution >= 4 is 17.5 Å². The van der Waals surface area contributed by atoms with Crippen LogP contribution in [0.3, 0.4) is 0 Å². The third kappa shape index (κ3) is 2.88. The fraction of sp³-hybridized carbons (Fsp3) is 0.364. The van der Waals surface area contributed by atoms with E-state index in [0.29, 0.717) is 26.2 Å². The molecule has 0 saturated carbocycles. The second kappa shape index (κ2) is 7.36. The highest BCUT2D eigenvalue weighted by Gasteiger charge is 2.59. The lowest BCUT2D eigenvalue weighted by Gasteiger charge is -2.34. The fourth-order valence-corrected chi connectivity index (χ4v) is 4.51. The molecule has 0 bridgehead atoms. The number of likely N-dealkylation sites (tertiary alicyclic amines) is 1. The van der Waals surface area contributed by atoms with Gasteiger partial charge in [0, 0.05) is 18.8 Å². The lowest BCUT2D eigenvalue weighted by atomic mass is 9.72. The Morgan fingerprint density at radius 3 is 2.75 bits per heavy atom. The summed E-state index contributed by atoms with van der Waals surface area (Å²) < 4.78 is 18.9. The maximum absolute atomic E-state index is 13.5. The number of hydrogen-bond donors (Lipinski definition) is 1. The van der Waals surface area contributed by atoms with Gasteiger partial charge in [-0.15, -0.1) is 0 Å². The van der Waals surface area contributed by atoms with Crippen LogP contribution in [0.4, 0.5) is 10.1 Å². The number of carbonyl (C=O) groups is 2. The number of benzene rings is 2. The van der Waals surface area contributed by atoms with E-state index in [1.807, 2.05) is 31.2 Å². The highest BCUT2D eigenvalue weighted by atomic mass is 19.1. The first-order chi connectivity index (χ1) is 13.6. The Morgan fingerprint density at radius 1 is 1.25 bits per heavy atom. The molecule has 6 heteroatoms. The minimum absolute atomic E-state index is 0.0585.